The molecule has 0 bridgehead atoms. The normalized spacial score (nSPS) is 24.1. The Morgan fingerprint density at radius 3 is 2.24 bits per heavy atom. The van der Waals surface area contributed by atoms with Gasteiger partial charge in [0, 0.05) is 12.8 Å². The summed E-state index contributed by atoms with van der Waals surface area (Å²) in [6.07, 6.45) is 2.43. The van der Waals surface area contributed by atoms with Crippen LogP contribution in [0.4, 0.5) is 0 Å². The van der Waals surface area contributed by atoms with Gasteiger partial charge < -0.3 is 10.2 Å². The molecular weight excluding hydrogens is 292 g/mol. The highest BCUT2D eigenvalue weighted by Crippen LogP contribution is 2.26. The molecule has 1 N–H and O–H groups in total. The van der Waals surface area contributed by atoms with Gasteiger partial charge in [0.2, 0.25) is 11.8 Å². The van der Waals surface area contributed by atoms with E-state index in [1.807, 2.05) is 27.7 Å². The Morgan fingerprint density at radius 2 is 1.81 bits per heavy atom. The van der Waals surface area contributed by atoms with E-state index in [0.29, 0.717) is 6.42 Å². The lowest BCUT2D eigenvalue weighted by Gasteiger charge is -2.43. The van der Waals surface area contributed by atoms with Crippen molar-refractivity contribution in [3.8, 4) is 0 Å². The van der Waals surface area contributed by atoms with Crippen LogP contribution in [0.3, 0.4) is 0 Å². The molecule has 1 saturated heterocycles. The van der Waals surface area contributed by atoms with Gasteiger partial charge >= 0.3 is 0 Å². The average molecular weight is 318 g/mol. The number of sulfone groups is 1. The summed E-state index contributed by atoms with van der Waals surface area (Å²) >= 11 is 0. The number of carbonyl (C=O) groups excluding carboxylic acids is 2. The number of rotatable bonds is 5. The quantitative estimate of drug-likeness (QED) is 0.803. The van der Waals surface area contributed by atoms with Crippen molar-refractivity contribution in [2.24, 2.45) is 5.41 Å². The summed E-state index contributed by atoms with van der Waals surface area (Å²) in [5.74, 6) is -0.502. The van der Waals surface area contributed by atoms with Crippen molar-refractivity contribution in [3.05, 3.63) is 0 Å². The van der Waals surface area contributed by atoms with Crippen LogP contribution >= 0.6 is 0 Å². The second kappa shape index (κ2) is 6.34. The fourth-order valence-electron chi connectivity index (χ4n) is 2.44. The number of hydrogen-bond donors (Lipinski definition) is 1. The van der Waals surface area contributed by atoms with Gasteiger partial charge in [0.1, 0.15) is 21.9 Å². The molecule has 1 aliphatic rings. The van der Waals surface area contributed by atoms with Crippen molar-refractivity contribution in [1.29, 1.82) is 0 Å². The molecule has 2 atom stereocenters. The van der Waals surface area contributed by atoms with Crippen LogP contribution in [0.1, 0.15) is 40.5 Å². The van der Waals surface area contributed by atoms with Crippen LogP contribution in [0.25, 0.3) is 0 Å². The predicted octanol–water partition coefficient (Wildman–Crippen LogP) is 0.573. The Kier molecular flexibility index (Phi) is 5.41. The first-order valence-electron chi connectivity index (χ1n) is 7.26. The summed E-state index contributed by atoms with van der Waals surface area (Å²) in [5.41, 5.74) is -0.409. The van der Waals surface area contributed by atoms with E-state index in [2.05, 4.69) is 5.32 Å². The van der Waals surface area contributed by atoms with Gasteiger partial charge in [-0.05, 0) is 11.8 Å². The second-order valence-electron chi connectivity index (χ2n) is 6.77. The molecule has 1 fully saturated rings. The van der Waals surface area contributed by atoms with Crippen LogP contribution in [0.2, 0.25) is 0 Å². The summed E-state index contributed by atoms with van der Waals surface area (Å²) in [5, 5.41) is 2.79. The van der Waals surface area contributed by atoms with Gasteiger partial charge in [-0.1, -0.05) is 34.1 Å². The lowest BCUT2D eigenvalue weighted by Crippen LogP contribution is -2.66. The van der Waals surface area contributed by atoms with E-state index >= 15 is 0 Å². The van der Waals surface area contributed by atoms with Gasteiger partial charge in [-0.15, -0.1) is 0 Å². The van der Waals surface area contributed by atoms with Crippen molar-refractivity contribution in [3.63, 3.8) is 0 Å². The maximum atomic E-state index is 12.6. The molecule has 21 heavy (non-hydrogen) atoms. The van der Waals surface area contributed by atoms with E-state index in [1.54, 1.807) is 0 Å². The van der Waals surface area contributed by atoms with E-state index in [4.69, 9.17) is 0 Å². The van der Waals surface area contributed by atoms with Gasteiger partial charge in [-0.25, -0.2) is 8.42 Å². The zero-order chi connectivity index (χ0) is 16.4. The van der Waals surface area contributed by atoms with Gasteiger partial charge in [0.05, 0.1) is 5.75 Å². The van der Waals surface area contributed by atoms with Crippen LogP contribution < -0.4 is 5.32 Å². The van der Waals surface area contributed by atoms with Crippen molar-refractivity contribution in [2.75, 3.05) is 18.6 Å². The molecule has 0 radical (unpaired) electrons. The maximum absolute atomic E-state index is 12.6. The third-order valence-corrected chi connectivity index (χ3v) is 4.55. The monoisotopic (exact) mass is 318 g/mol. The lowest BCUT2D eigenvalue weighted by molar-refractivity contribution is -0.152. The maximum Gasteiger partial charge on any atom is 0.246 e. The first-order chi connectivity index (χ1) is 9.47. The Hall–Kier alpha value is -1.11. The molecule has 0 aliphatic carbocycles. The van der Waals surface area contributed by atoms with E-state index in [1.165, 1.54) is 4.90 Å². The summed E-state index contributed by atoms with van der Waals surface area (Å²) in [6, 6.07) is -1.18. The third-order valence-electron chi connectivity index (χ3n) is 3.63. The predicted molar refractivity (Wildman–Crippen MR) is 81.5 cm³/mol. The average Bonchev–Trinajstić information content (AvgIpc) is 2.30. The van der Waals surface area contributed by atoms with Gasteiger partial charge in [-0.2, -0.15) is 0 Å². The Bertz CT molecular complexity index is 508. The summed E-state index contributed by atoms with van der Waals surface area (Å²) < 4.78 is 22.7. The summed E-state index contributed by atoms with van der Waals surface area (Å²) in [4.78, 5) is 26.3. The number of nitrogens with zero attached hydrogens (tertiary/aromatic N) is 1. The number of piperazine rings is 1. The van der Waals surface area contributed by atoms with E-state index in [-0.39, 0.29) is 24.1 Å². The SMILES string of the molecule is CCCC1C(=O)NC(C(C)(C)C)C(=O)N1CCS(C)(=O)=O. The van der Waals surface area contributed by atoms with Crippen LogP contribution in [0, 0.1) is 5.41 Å². The molecule has 0 aromatic carbocycles. The number of hydrogen-bond acceptors (Lipinski definition) is 4. The Balaban J connectivity index is 3.03. The largest absolute Gasteiger partial charge is 0.342 e. The zero-order valence-electron chi connectivity index (χ0n) is 13.5. The first kappa shape index (κ1) is 17.9. The van der Waals surface area contributed by atoms with Crippen LogP contribution in [-0.2, 0) is 19.4 Å². The minimum Gasteiger partial charge on any atom is -0.342 e. The Labute approximate surface area is 127 Å². The summed E-state index contributed by atoms with van der Waals surface area (Å²) in [7, 11) is -3.18. The second-order valence-corrected chi connectivity index (χ2v) is 9.03. The van der Waals surface area contributed by atoms with Crippen molar-refractivity contribution in [1.82, 2.24) is 10.2 Å². The Morgan fingerprint density at radius 1 is 1.24 bits per heavy atom. The van der Waals surface area contributed by atoms with Crippen molar-refractivity contribution < 1.29 is 18.0 Å². The minimum atomic E-state index is -3.18. The molecule has 1 rings (SSSR count). The highest BCUT2D eigenvalue weighted by molar-refractivity contribution is 7.90. The standard InChI is InChI=1S/C14H26N2O4S/c1-6-7-10-12(17)15-11(14(2,3)4)13(18)16(10)8-9-21(5,19)20/h10-11H,6-9H2,1-5H3,(H,15,17). The van der Waals surface area contributed by atoms with E-state index in [0.717, 1.165) is 12.7 Å². The minimum absolute atomic E-state index is 0.0718. The van der Waals surface area contributed by atoms with Gasteiger partial charge in [-0.3, -0.25) is 9.59 Å². The smallest absolute Gasteiger partial charge is 0.246 e. The molecule has 0 aromatic rings. The number of carbonyl (C=O) groups is 2. The van der Waals surface area contributed by atoms with E-state index in [9.17, 15) is 18.0 Å². The highest BCUT2D eigenvalue weighted by atomic mass is 32.2. The third kappa shape index (κ3) is 4.69. The highest BCUT2D eigenvalue weighted by Gasteiger charge is 2.44. The molecule has 0 aromatic heterocycles. The molecule has 1 heterocycles. The molecule has 2 unspecified atom stereocenters. The zero-order valence-corrected chi connectivity index (χ0v) is 14.3. The van der Waals surface area contributed by atoms with Gasteiger partial charge in [0.15, 0.2) is 0 Å². The topological polar surface area (TPSA) is 83.6 Å². The van der Waals surface area contributed by atoms with Crippen LogP contribution in [-0.4, -0.2) is 55.8 Å². The van der Waals surface area contributed by atoms with Crippen molar-refractivity contribution in [2.45, 2.75) is 52.6 Å². The molecule has 0 saturated carbocycles. The first-order valence-corrected chi connectivity index (χ1v) is 9.32. The van der Waals surface area contributed by atoms with E-state index < -0.39 is 27.3 Å². The van der Waals surface area contributed by atoms with Gasteiger partial charge in [0.25, 0.3) is 0 Å². The van der Waals surface area contributed by atoms with Crippen LogP contribution in [0.5, 0.6) is 0 Å². The fourth-order valence-corrected chi connectivity index (χ4v) is 2.97. The number of nitrogens with one attached hydrogen (secondary N) is 1. The molecule has 6 nitrogen and oxygen atoms in total. The molecule has 2 amide bonds. The summed E-state index contributed by atoms with van der Waals surface area (Å²) in [6.45, 7) is 7.64. The van der Waals surface area contributed by atoms with Crippen molar-refractivity contribution >= 4 is 21.7 Å². The number of amides is 2. The fraction of sp³-hybridized carbons (Fsp3) is 0.857. The molecule has 1 aliphatic heterocycles. The molecular formula is C14H26N2O4S. The molecule has 122 valence electrons. The van der Waals surface area contributed by atoms with Crippen LogP contribution in [0.15, 0.2) is 0 Å². The molecule has 7 heteroatoms. The lowest BCUT2D eigenvalue weighted by atomic mass is 9.83. The molecule has 0 spiro atoms.